The van der Waals surface area contributed by atoms with Gasteiger partial charge in [0.2, 0.25) is 0 Å². The van der Waals surface area contributed by atoms with Crippen molar-refractivity contribution >= 4 is 15.9 Å². The number of benzene rings is 1. The quantitative estimate of drug-likeness (QED) is 0.842. The van der Waals surface area contributed by atoms with Gasteiger partial charge in [-0.05, 0) is 18.6 Å². The van der Waals surface area contributed by atoms with Crippen LogP contribution in [0.1, 0.15) is 30.9 Å². The van der Waals surface area contributed by atoms with Crippen LogP contribution in [0.15, 0.2) is 22.7 Å². The van der Waals surface area contributed by atoms with Gasteiger partial charge in [0.1, 0.15) is 0 Å². The summed E-state index contributed by atoms with van der Waals surface area (Å²) < 4.78 is 12.7. The summed E-state index contributed by atoms with van der Waals surface area (Å²) in [7, 11) is 0. The Morgan fingerprint density at radius 2 is 2.00 bits per heavy atom. The molecule has 0 spiro atoms. The molecule has 2 nitrogen and oxygen atoms in total. The highest BCUT2D eigenvalue weighted by Gasteiger charge is 2.37. The van der Waals surface area contributed by atoms with Gasteiger partial charge < -0.3 is 9.47 Å². The minimum Gasteiger partial charge on any atom is -0.343 e. The van der Waals surface area contributed by atoms with Crippen molar-refractivity contribution in [2.75, 3.05) is 13.2 Å². The van der Waals surface area contributed by atoms with Gasteiger partial charge in [-0.25, -0.2) is 0 Å². The van der Waals surface area contributed by atoms with Crippen LogP contribution >= 0.6 is 15.9 Å². The molecule has 0 amide bonds. The number of aryl methyl sites for hydroxylation is 1. The molecule has 1 heterocycles. The summed E-state index contributed by atoms with van der Waals surface area (Å²) in [5.74, 6) is -0.509. The van der Waals surface area contributed by atoms with Gasteiger partial charge in [0, 0.05) is 16.5 Å². The largest absolute Gasteiger partial charge is 0.343 e. The maximum Gasteiger partial charge on any atom is 0.195 e. The number of ether oxygens (including phenoxy) is 2. The van der Waals surface area contributed by atoms with E-state index in [1.165, 1.54) is 5.56 Å². The van der Waals surface area contributed by atoms with Crippen LogP contribution < -0.4 is 0 Å². The van der Waals surface area contributed by atoms with Gasteiger partial charge in [0.15, 0.2) is 5.79 Å². The molecule has 2 rings (SSSR count). The summed E-state index contributed by atoms with van der Waals surface area (Å²) >= 11 is 3.56. The molecule has 1 aliphatic rings. The highest BCUT2D eigenvalue weighted by atomic mass is 79.9. The summed E-state index contributed by atoms with van der Waals surface area (Å²) in [6.45, 7) is 5.60. The Morgan fingerprint density at radius 1 is 1.31 bits per heavy atom. The molecule has 1 aliphatic heterocycles. The van der Waals surface area contributed by atoms with Crippen LogP contribution in [0.5, 0.6) is 0 Å². The summed E-state index contributed by atoms with van der Waals surface area (Å²) in [5.41, 5.74) is 2.35. The second-order valence-corrected chi connectivity index (χ2v) is 5.02. The predicted molar refractivity (Wildman–Crippen MR) is 67.4 cm³/mol. The molecule has 0 unspecified atom stereocenters. The second-order valence-electron chi connectivity index (χ2n) is 4.16. The number of hydrogen-bond donors (Lipinski definition) is 0. The second kappa shape index (κ2) is 4.86. The molecule has 0 atom stereocenters. The molecule has 1 aromatic carbocycles. The monoisotopic (exact) mass is 284 g/mol. The lowest BCUT2D eigenvalue weighted by atomic mass is 10.00. The minimum atomic E-state index is -0.509. The fourth-order valence-electron chi connectivity index (χ4n) is 2.07. The van der Waals surface area contributed by atoms with Gasteiger partial charge in [0.05, 0.1) is 13.2 Å². The van der Waals surface area contributed by atoms with Crippen LogP contribution in [0.3, 0.4) is 0 Å². The van der Waals surface area contributed by atoms with Crippen molar-refractivity contribution in [2.45, 2.75) is 32.5 Å². The van der Waals surface area contributed by atoms with E-state index in [-0.39, 0.29) is 0 Å². The van der Waals surface area contributed by atoms with Gasteiger partial charge in [-0.3, -0.25) is 0 Å². The lowest BCUT2D eigenvalue weighted by Gasteiger charge is -2.27. The summed E-state index contributed by atoms with van der Waals surface area (Å²) in [5, 5.41) is 0. The van der Waals surface area contributed by atoms with Crippen LogP contribution in [0.4, 0.5) is 0 Å². The summed E-state index contributed by atoms with van der Waals surface area (Å²) in [6.07, 6.45) is 1.95. The van der Waals surface area contributed by atoms with Crippen molar-refractivity contribution in [1.82, 2.24) is 0 Å². The topological polar surface area (TPSA) is 18.5 Å². The zero-order chi connectivity index (χ0) is 11.6. The molecule has 3 heteroatoms. The first-order chi connectivity index (χ1) is 7.68. The van der Waals surface area contributed by atoms with Crippen molar-refractivity contribution in [1.29, 1.82) is 0 Å². The fraction of sp³-hybridized carbons (Fsp3) is 0.538. The number of halogens is 1. The summed E-state index contributed by atoms with van der Waals surface area (Å²) in [6, 6.07) is 6.30. The number of rotatable bonds is 3. The van der Waals surface area contributed by atoms with Crippen molar-refractivity contribution in [3.63, 3.8) is 0 Å². The maximum atomic E-state index is 5.82. The number of hydrogen-bond acceptors (Lipinski definition) is 2. The van der Waals surface area contributed by atoms with Crippen LogP contribution in [-0.4, -0.2) is 13.2 Å². The van der Waals surface area contributed by atoms with Gasteiger partial charge in [-0.2, -0.15) is 0 Å². The maximum absolute atomic E-state index is 5.82. The Morgan fingerprint density at radius 3 is 2.56 bits per heavy atom. The molecule has 0 saturated carbocycles. The van der Waals surface area contributed by atoms with E-state index in [1.807, 2.05) is 0 Å². The lowest BCUT2D eigenvalue weighted by molar-refractivity contribution is -0.171. The normalized spacial score (nSPS) is 18.9. The molecule has 0 aromatic heterocycles. The van der Waals surface area contributed by atoms with E-state index in [1.54, 1.807) is 0 Å². The Kier molecular flexibility index (Phi) is 3.67. The Labute approximate surface area is 105 Å². The van der Waals surface area contributed by atoms with Crippen molar-refractivity contribution < 1.29 is 9.47 Å². The Hall–Kier alpha value is -0.380. The van der Waals surface area contributed by atoms with E-state index in [0.29, 0.717) is 13.2 Å². The van der Waals surface area contributed by atoms with Gasteiger partial charge >= 0.3 is 0 Å². The zero-order valence-electron chi connectivity index (χ0n) is 9.75. The fourth-order valence-corrected chi connectivity index (χ4v) is 2.45. The molecule has 0 aliphatic carbocycles. The van der Waals surface area contributed by atoms with Gasteiger partial charge in [-0.1, -0.05) is 41.4 Å². The van der Waals surface area contributed by atoms with Gasteiger partial charge in [0.25, 0.3) is 0 Å². The first-order valence-corrected chi connectivity index (χ1v) is 6.52. The standard InChI is InChI=1S/C13H17BrO2/c1-3-6-13(15-7-8-16-13)11-5-4-10(2)12(14)9-11/h4-5,9H,3,6-8H2,1-2H3. The Bertz CT molecular complexity index is 370. The zero-order valence-corrected chi connectivity index (χ0v) is 11.3. The molecule has 0 radical (unpaired) electrons. The molecule has 16 heavy (non-hydrogen) atoms. The van der Waals surface area contributed by atoms with E-state index in [9.17, 15) is 0 Å². The lowest BCUT2D eigenvalue weighted by Crippen LogP contribution is -2.26. The van der Waals surface area contributed by atoms with E-state index in [2.05, 4.69) is 48.0 Å². The van der Waals surface area contributed by atoms with Crippen molar-refractivity contribution in [2.24, 2.45) is 0 Å². The van der Waals surface area contributed by atoms with Crippen LogP contribution in [0.2, 0.25) is 0 Å². The predicted octanol–water partition coefficient (Wildman–Crippen LogP) is 3.76. The highest BCUT2D eigenvalue weighted by Crippen LogP contribution is 2.37. The molecule has 1 saturated heterocycles. The third-order valence-electron chi connectivity index (χ3n) is 2.94. The van der Waals surface area contributed by atoms with Crippen molar-refractivity contribution in [3.8, 4) is 0 Å². The molecule has 1 aromatic rings. The average Bonchev–Trinajstić information content (AvgIpc) is 2.72. The smallest absolute Gasteiger partial charge is 0.195 e. The highest BCUT2D eigenvalue weighted by molar-refractivity contribution is 9.10. The van der Waals surface area contributed by atoms with E-state index in [4.69, 9.17) is 9.47 Å². The molecule has 0 bridgehead atoms. The third kappa shape index (κ3) is 2.17. The third-order valence-corrected chi connectivity index (χ3v) is 3.80. The van der Waals surface area contributed by atoms with Crippen LogP contribution in [0, 0.1) is 6.92 Å². The van der Waals surface area contributed by atoms with E-state index < -0.39 is 5.79 Å². The Balaban J connectivity index is 2.35. The first kappa shape index (κ1) is 12.1. The summed E-state index contributed by atoms with van der Waals surface area (Å²) in [4.78, 5) is 0. The van der Waals surface area contributed by atoms with Crippen molar-refractivity contribution in [3.05, 3.63) is 33.8 Å². The molecular formula is C13H17BrO2. The van der Waals surface area contributed by atoms with Crippen LogP contribution in [-0.2, 0) is 15.3 Å². The molecular weight excluding hydrogens is 268 g/mol. The average molecular weight is 285 g/mol. The first-order valence-electron chi connectivity index (χ1n) is 5.72. The molecule has 88 valence electrons. The van der Waals surface area contributed by atoms with Gasteiger partial charge in [-0.15, -0.1) is 0 Å². The van der Waals surface area contributed by atoms with E-state index in [0.717, 1.165) is 22.9 Å². The SMILES string of the molecule is CCCC1(c2ccc(C)c(Br)c2)OCCO1. The van der Waals surface area contributed by atoms with Crippen LogP contribution in [0.25, 0.3) is 0 Å². The molecule has 0 N–H and O–H groups in total. The van der Waals surface area contributed by atoms with E-state index >= 15 is 0 Å². The minimum absolute atomic E-state index is 0.509. The molecule has 1 fully saturated rings.